The number of carbonyl (C=O) groups is 2. The number of amides is 1. The molecule has 1 N–H and O–H groups in total. The predicted molar refractivity (Wildman–Crippen MR) is 70.4 cm³/mol. The molecular formula is C12H21NO4S. The van der Waals surface area contributed by atoms with E-state index in [0.29, 0.717) is 25.3 Å². The Hall–Kier alpha value is -0.750. The van der Waals surface area contributed by atoms with Gasteiger partial charge in [-0.25, -0.2) is 4.79 Å². The van der Waals surface area contributed by atoms with Crippen LogP contribution < -0.4 is 0 Å². The summed E-state index contributed by atoms with van der Waals surface area (Å²) in [6.07, 6.45) is 0.213. The Bertz CT molecular complexity index is 296. The average Bonchev–Trinajstić information content (AvgIpc) is 2.36. The van der Waals surface area contributed by atoms with Crippen LogP contribution in [0.5, 0.6) is 0 Å². The van der Waals surface area contributed by atoms with Crippen LogP contribution in [0.2, 0.25) is 0 Å². The summed E-state index contributed by atoms with van der Waals surface area (Å²) in [6.45, 7) is 4.32. The van der Waals surface area contributed by atoms with Crippen molar-refractivity contribution in [3.05, 3.63) is 0 Å². The molecule has 1 saturated heterocycles. The number of thioether (sulfide) groups is 1. The van der Waals surface area contributed by atoms with Crippen molar-refractivity contribution in [3.8, 4) is 0 Å². The van der Waals surface area contributed by atoms with Crippen LogP contribution in [-0.2, 0) is 14.3 Å². The number of hydrogen-bond acceptors (Lipinski definition) is 5. The van der Waals surface area contributed by atoms with Gasteiger partial charge in [0.25, 0.3) is 0 Å². The maximum absolute atomic E-state index is 12.0. The van der Waals surface area contributed by atoms with Crippen LogP contribution in [0, 0.1) is 0 Å². The molecule has 104 valence electrons. The standard InChI is InChI=1S/C12H21NO4S/c1-3-17-12(16)10-8-18-7-6-13(10)11(15)5-4-9(2)14/h9-10,14H,3-8H2,1-2H3. The molecule has 1 aliphatic rings. The van der Waals surface area contributed by atoms with Gasteiger partial charge < -0.3 is 14.7 Å². The molecule has 1 heterocycles. The van der Waals surface area contributed by atoms with Crippen molar-refractivity contribution in [1.82, 2.24) is 4.90 Å². The summed E-state index contributed by atoms with van der Waals surface area (Å²) >= 11 is 1.66. The highest BCUT2D eigenvalue weighted by atomic mass is 32.2. The third kappa shape index (κ3) is 4.49. The van der Waals surface area contributed by atoms with Crippen molar-refractivity contribution in [2.45, 2.75) is 38.8 Å². The topological polar surface area (TPSA) is 66.8 Å². The predicted octanol–water partition coefficient (Wildman–Crippen LogP) is 0.655. The van der Waals surface area contributed by atoms with Crippen LogP contribution in [0.4, 0.5) is 0 Å². The fourth-order valence-corrected chi connectivity index (χ4v) is 2.84. The molecule has 5 nitrogen and oxygen atoms in total. The highest BCUT2D eigenvalue weighted by molar-refractivity contribution is 7.99. The summed E-state index contributed by atoms with van der Waals surface area (Å²) < 4.78 is 4.99. The lowest BCUT2D eigenvalue weighted by Crippen LogP contribution is -2.51. The molecule has 1 amide bonds. The third-order valence-corrected chi connectivity index (χ3v) is 3.81. The van der Waals surface area contributed by atoms with E-state index in [1.807, 2.05) is 0 Å². The van der Waals surface area contributed by atoms with Crippen LogP contribution in [-0.4, -0.2) is 58.7 Å². The second-order valence-electron chi connectivity index (χ2n) is 4.32. The molecule has 0 radical (unpaired) electrons. The Morgan fingerprint density at radius 1 is 1.56 bits per heavy atom. The second-order valence-corrected chi connectivity index (χ2v) is 5.47. The Kier molecular flexibility index (Phi) is 6.49. The van der Waals surface area contributed by atoms with Crippen molar-refractivity contribution in [2.75, 3.05) is 24.7 Å². The van der Waals surface area contributed by atoms with Gasteiger partial charge in [0.2, 0.25) is 5.91 Å². The van der Waals surface area contributed by atoms with Gasteiger partial charge in [-0.1, -0.05) is 0 Å². The van der Waals surface area contributed by atoms with E-state index < -0.39 is 12.1 Å². The maximum atomic E-state index is 12.0. The number of rotatable bonds is 5. The zero-order chi connectivity index (χ0) is 13.5. The van der Waals surface area contributed by atoms with Crippen LogP contribution in [0.15, 0.2) is 0 Å². The average molecular weight is 275 g/mol. The summed E-state index contributed by atoms with van der Waals surface area (Å²) in [5.41, 5.74) is 0. The van der Waals surface area contributed by atoms with Gasteiger partial charge in [-0.2, -0.15) is 11.8 Å². The van der Waals surface area contributed by atoms with Gasteiger partial charge in [0.05, 0.1) is 12.7 Å². The van der Waals surface area contributed by atoms with Crippen molar-refractivity contribution in [1.29, 1.82) is 0 Å². The fourth-order valence-electron chi connectivity index (χ4n) is 1.81. The van der Waals surface area contributed by atoms with Crippen LogP contribution in [0.1, 0.15) is 26.7 Å². The first-order chi connectivity index (χ1) is 8.56. The first-order valence-electron chi connectivity index (χ1n) is 6.28. The minimum atomic E-state index is -0.492. The largest absolute Gasteiger partial charge is 0.464 e. The number of aliphatic hydroxyl groups is 1. The molecule has 6 heteroatoms. The monoisotopic (exact) mass is 275 g/mol. The van der Waals surface area contributed by atoms with Gasteiger partial charge in [-0.3, -0.25) is 4.79 Å². The summed E-state index contributed by atoms with van der Waals surface area (Å²) in [7, 11) is 0. The third-order valence-electron chi connectivity index (χ3n) is 2.78. The Morgan fingerprint density at radius 2 is 2.28 bits per heavy atom. The smallest absolute Gasteiger partial charge is 0.329 e. The highest BCUT2D eigenvalue weighted by Crippen LogP contribution is 2.19. The molecule has 0 spiro atoms. The minimum Gasteiger partial charge on any atom is -0.464 e. The molecule has 2 unspecified atom stereocenters. The highest BCUT2D eigenvalue weighted by Gasteiger charge is 2.33. The molecule has 0 aromatic carbocycles. The van der Waals surface area contributed by atoms with E-state index >= 15 is 0 Å². The molecule has 0 aromatic heterocycles. The molecule has 1 rings (SSSR count). The van der Waals surface area contributed by atoms with Crippen LogP contribution >= 0.6 is 11.8 Å². The lowest BCUT2D eigenvalue weighted by atomic mass is 10.1. The molecule has 18 heavy (non-hydrogen) atoms. The lowest BCUT2D eigenvalue weighted by molar-refractivity contribution is -0.154. The van der Waals surface area contributed by atoms with E-state index in [1.165, 1.54) is 0 Å². The van der Waals surface area contributed by atoms with Gasteiger partial charge in [-0.05, 0) is 20.3 Å². The van der Waals surface area contributed by atoms with Crippen LogP contribution in [0.25, 0.3) is 0 Å². The first kappa shape index (κ1) is 15.3. The van der Waals surface area contributed by atoms with E-state index in [2.05, 4.69) is 0 Å². The summed E-state index contributed by atoms with van der Waals surface area (Å²) in [4.78, 5) is 25.4. The molecule has 0 bridgehead atoms. The van der Waals surface area contributed by atoms with Crippen molar-refractivity contribution in [2.24, 2.45) is 0 Å². The van der Waals surface area contributed by atoms with Crippen molar-refractivity contribution < 1.29 is 19.4 Å². The summed E-state index contributed by atoms with van der Waals surface area (Å²) in [6, 6.07) is -0.467. The van der Waals surface area contributed by atoms with Gasteiger partial charge >= 0.3 is 5.97 Å². The lowest BCUT2D eigenvalue weighted by Gasteiger charge is -2.33. The molecule has 0 aliphatic carbocycles. The second kappa shape index (κ2) is 7.63. The molecule has 0 saturated carbocycles. The van der Waals surface area contributed by atoms with E-state index in [-0.39, 0.29) is 18.3 Å². The Morgan fingerprint density at radius 3 is 2.89 bits per heavy atom. The number of carbonyl (C=O) groups excluding carboxylic acids is 2. The number of nitrogens with zero attached hydrogens (tertiary/aromatic N) is 1. The fraction of sp³-hybridized carbons (Fsp3) is 0.833. The van der Waals surface area contributed by atoms with Crippen molar-refractivity contribution >= 4 is 23.6 Å². The number of ether oxygens (including phenoxy) is 1. The van der Waals surface area contributed by atoms with E-state index in [1.54, 1.807) is 30.5 Å². The maximum Gasteiger partial charge on any atom is 0.329 e. The molecule has 2 atom stereocenters. The van der Waals surface area contributed by atoms with Gasteiger partial charge in [0, 0.05) is 24.5 Å². The molecule has 0 aromatic rings. The van der Waals surface area contributed by atoms with Crippen LogP contribution in [0.3, 0.4) is 0 Å². The summed E-state index contributed by atoms with van der Waals surface area (Å²) in [5.74, 6) is 1.04. The zero-order valence-corrected chi connectivity index (χ0v) is 11.7. The Balaban J connectivity index is 2.58. The normalized spacial score (nSPS) is 21.5. The summed E-state index contributed by atoms with van der Waals surface area (Å²) in [5, 5.41) is 9.19. The van der Waals surface area contributed by atoms with Gasteiger partial charge in [-0.15, -0.1) is 0 Å². The first-order valence-corrected chi connectivity index (χ1v) is 7.43. The SMILES string of the molecule is CCOC(=O)C1CSCCN1C(=O)CCC(C)O. The van der Waals surface area contributed by atoms with Gasteiger partial charge in [0.1, 0.15) is 6.04 Å². The number of aliphatic hydroxyl groups excluding tert-OH is 1. The van der Waals surface area contributed by atoms with E-state index in [4.69, 9.17) is 4.74 Å². The molecular weight excluding hydrogens is 254 g/mol. The molecule has 1 fully saturated rings. The quantitative estimate of drug-likeness (QED) is 0.746. The molecule has 1 aliphatic heterocycles. The number of esters is 1. The number of hydrogen-bond donors (Lipinski definition) is 1. The van der Waals surface area contributed by atoms with E-state index in [9.17, 15) is 14.7 Å². The Labute approximate surface area is 112 Å². The zero-order valence-electron chi connectivity index (χ0n) is 10.9. The van der Waals surface area contributed by atoms with Crippen molar-refractivity contribution in [3.63, 3.8) is 0 Å². The minimum absolute atomic E-state index is 0.0748. The van der Waals surface area contributed by atoms with Gasteiger partial charge in [0.15, 0.2) is 0 Å². The van der Waals surface area contributed by atoms with E-state index in [0.717, 1.165) is 5.75 Å².